The summed E-state index contributed by atoms with van der Waals surface area (Å²) in [4.78, 5) is 8.80. The topological polar surface area (TPSA) is 28.2 Å². The molecular formula is C15H25N3S. The molecule has 1 aromatic rings. The van der Waals surface area contributed by atoms with Gasteiger partial charge < -0.3 is 5.32 Å². The summed E-state index contributed by atoms with van der Waals surface area (Å²) in [6, 6.07) is 0.847. The van der Waals surface area contributed by atoms with Crippen LogP contribution in [0.1, 0.15) is 41.3 Å². The summed E-state index contributed by atoms with van der Waals surface area (Å²) in [5.41, 5.74) is 1.22. The molecule has 1 N–H and O–H groups in total. The van der Waals surface area contributed by atoms with E-state index in [2.05, 4.69) is 24.1 Å². The standard InChI is InChI=1S/C15H25N3S/c1-11-12(2)19-15(17-11)10-18(14-3-4-14)9-13-5-7-16-8-6-13/h13-14,16H,3-10H2,1-2H3. The molecule has 19 heavy (non-hydrogen) atoms. The van der Waals surface area contributed by atoms with Gasteiger partial charge in [-0.2, -0.15) is 0 Å². The molecule has 1 saturated heterocycles. The average Bonchev–Trinajstić information content (AvgIpc) is 3.18. The van der Waals surface area contributed by atoms with Gasteiger partial charge in [-0.25, -0.2) is 4.98 Å². The summed E-state index contributed by atoms with van der Waals surface area (Å²) in [6.07, 6.45) is 5.49. The van der Waals surface area contributed by atoms with E-state index in [-0.39, 0.29) is 0 Å². The van der Waals surface area contributed by atoms with E-state index in [1.54, 1.807) is 0 Å². The maximum atomic E-state index is 4.72. The molecule has 0 unspecified atom stereocenters. The van der Waals surface area contributed by atoms with E-state index >= 15 is 0 Å². The van der Waals surface area contributed by atoms with Crippen LogP contribution in [0.3, 0.4) is 0 Å². The number of piperidine rings is 1. The molecular weight excluding hydrogens is 254 g/mol. The van der Waals surface area contributed by atoms with Crippen LogP contribution in [0.4, 0.5) is 0 Å². The molecule has 0 amide bonds. The summed E-state index contributed by atoms with van der Waals surface area (Å²) >= 11 is 1.88. The molecule has 106 valence electrons. The largest absolute Gasteiger partial charge is 0.317 e. The molecule has 0 spiro atoms. The van der Waals surface area contributed by atoms with Crippen LogP contribution < -0.4 is 5.32 Å². The van der Waals surface area contributed by atoms with Gasteiger partial charge in [-0.3, -0.25) is 4.90 Å². The Morgan fingerprint density at radius 2 is 1.95 bits per heavy atom. The second-order valence-corrected chi connectivity index (χ2v) is 7.39. The number of nitrogens with zero attached hydrogens (tertiary/aromatic N) is 2. The third-order valence-corrected chi connectivity index (χ3v) is 5.48. The molecule has 0 radical (unpaired) electrons. The zero-order valence-electron chi connectivity index (χ0n) is 12.1. The van der Waals surface area contributed by atoms with E-state index in [0.717, 1.165) is 18.5 Å². The fraction of sp³-hybridized carbons (Fsp3) is 0.800. The molecule has 2 fully saturated rings. The molecule has 1 aliphatic heterocycles. The minimum atomic E-state index is 0.847. The van der Waals surface area contributed by atoms with Crippen molar-refractivity contribution < 1.29 is 0 Å². The summed E-state index contributed by atoms with van der Waals surface area (Å²) in [7, 11) is 0. The third-order valence-electron chi connectivity index (χ3n) is 4.43. The normalized spacial score (nSPS) is 21.2. The fourth-order valence-electron chi connectivity index (χ4n) is 2.96. The molecule has 1 saturated carbocycles. The first-order valence-corrected chi connectivity index (χ1v) is 8.41. The smallest absolute Gasteiger partial charge is 0.107 e. The summed E-state index contributed by atoms with van der Waals surface area (Å²) in [5.74, 6) is 0.893. The predicted octanol–water partition coefficient (Wildman–Crippen LogP) is 2.72. The summed E-state index contributed by atoms with van der Waals surface area (Å²) in [5, 5.41) is 4.78. The first-order valence-electron chi connectivity index (χ1n) is 7.60. The van der Waals surface area contributed by atoms with Crippen LogP contribution in [0, 0.1) is 19.8 Å². The van der Waals surface area contributed by atoms with Gasteiger partial charge in [0, 0.05) is 17.5 Å². The van der Waals surface area contributed by atoms with Crippen molar-refractivity contribution in [3.05, 3.63) is 15.6 Å². The summed E-state index contributed by atoms with van der Waals surface area (Å²) in [6.45, 7) is 9.09. The van der Waals surface area contributed by atoms with Crippen molar-refractivity contribution in [1.82, 2.24) is 15.2 Å². The van der Waals surface area contributed by atoms with Crippen molar-refractivity contribution in [1.29, 1.82) is 0 Å². The highest BCUT2D eigenvalue weighted by molar-refractivity contribution is 7.11. The molecule has 0 bridgehead atoms. The molecule has 0 atom stereocenters. The van der Waals surface area contributed by atoms with Gasteiger partial charge in [-0.05, 0) is 58.5 Å². The number of aryl methyl sites for hydroxylation is 2. The highest BCUT2D eigenvalue weighted by Gasteiger charge is 2.31. The number of aromatic nitrogens is 1. The molecule has 3 rings (SSSR count). The van der Waals surface area contributed by atoms with E-state index in [0.29, 0.717) is 0 Å². The van der Waals surface area contributed by atoms with E-state index in [1.807, 2.05) is 11.3 Å². The number of rotatable bonds is 5. The number of hydrogen-bond donors (Lipinski definition) is 1. The lowest BCUT2D eigenvalue weighted by molar-refractivity contribution is 0.190. The van der Waals surface area contributed by atoms with E-state index in [4.69, 9.17) is 4.98 Å². The van der Waals surface area contributed by atoms with Crippen LogP contribution in [0.25, 0.3) is 0 Å². The van der Waals surface area contributed by atoms with Gasteiger partial charge in [0.1, 0.15) is 5.01 Å². The predicted molar refractivity (Wildman–Crippen MR) is 80.6 cm³/mol. The van der Waals surface area contributed by atoms with Crippen LogP contribution in [0.2, 0.25) is 0 Å². The Morgan fingerprint density at radius 1 is 1.21 bits per heavy atom. The molecule has 1 aromatic heterocycles. The Balaban J connectivity index is 1.60. The Kier molecular flexibility index (Phi) is 4.20. The van der Waals surface area contributed by atoms with E-state index in [1.165, 1.54) is 60.9 Å². The van der Waals surface area contributed by atoms with Crippen LogP contribution in [0.15, 0.2) is 0 Å². The number of thiazole rings is 1. The fourth-order valence-corrected chi connectivity index (χ4v) is 3.92. The number of hydrogen-bond acceptors (Lipinski definition) is 4. The average molecular weight is 279 g/mol. The minimum absolute atomic E-state index is 0.847. The highest BCUT2D eigenvalue weighted by atomic mass is 32.1. The molecule has 2 aliphatic rings. The Labute approximate surface area is 120 Å². The van der Waals surface area contributed by atoms with Crippen molar-refractivity contribution in [2.75, 3.05) is 19.6 Å². The van der Waals surface area contributed by atoms with Gasteiger partial charge in [-0.15, -0.1) is 11.3 Å². The second-order valence-electron chi connectivity index (χ2n) is 6.10. The van der Waals surface area contributed by atoms with Crippen molar-refractivity contribution in [2.45, 2.75) is 52.1 Å². The molecule has 1 aliphatic carbocycles. The minimum Gasteiger partial charge on any atom is -0.317 e. The van der Waals surface area contributed by atoms with Crippen LogP contribution in [-0.2, 0) is 6.54 Å². The Hall–Kier alpha value is -0.450. The monoisotopic (exact) mass is 279 g/mol. The SMILES string of the molecule is Cc1nc(CN(CC2CCNCC2)C2CC2)sc1C. The van der Waals surface area contributed by atoms with Crippen molar-refractivity contribution >= 4 is 11.3 Å². The lowest BCUT2D eigenvalue weighted by atomic mass is 9.97. The van der Waals surface area contributed by atoms with Gasteiger partial charge in [0.2, 0.25) is 0 Å². The van der Waals surface area contributed by atoms with Gasteiger partial charge in [0.25, 0.3) is 0 Å². The molecule has 0 aromatic carbocycles. The van der Waals surface area contributed by atoms with E-state index in [9.17, 15) is 0 Å². The van der Waals surface area contributed by atoms with E-state index < -0.39 is 0 Å². The zero-order valence-corrected chi connectivity index (χ0v) is 12.9. The molecule has 2 heterocycles. The zero-order chi connectivity index (χ0) is 13.2. The maximum absolute atomic E-state index is 4.72. The van der Waals surface area contributed by atoms with Gasteiger partial charge >= 0.3 is 0 Å². The van der Waals surface area contributed by atoms with Gasteiger partial charge in [0.05, 0.1) is 12.2 Å². The van der Waals surface area contributed by atoms with Crippen LogP contribution >= 0.6 is 11.3 Å². The van der Waals surface area contributed by atoms with Crippen LogP contribution in [0.5, 0.6) is 0 Å². The lowest BCUT2D eigenvalue weighted by Crippen LogP contribution is -2.37. The van der Waals surface area contributed by atoms with Crippen LogP contribution in [-0.4, -0.2) is 35.6 Å². The van der Waals surface area contributed by atoms with Crippen molar-refractivity contribution in [3.8, 4) is 0 Å². The van der Waals surface area contributed by atoms with Crippen molar-refractivity contribution in [2.24, 2.45) is 5.92 Å². The Morgan fingerprint density at radius 3 is 2.53 bits per heavy atom. The van der Waals surface area contributed by atoms with Gasteiger partial charge in [0.15, 0.2) is 0 Å². The summed E-state index contributed by atoms with van der Waals surface area (Å²) < 4.78 is 0. The first kappa shape index (κ1) is 13.5. The highest BCUT2D eigenvalue weighted by Crippen LogP contribution is 2.31. The van der Waals surface area contributed by atoms with Crippen molar-refractivity contribution in [3.63, 3.8) is 0 Å². The first-order chi connectivity index (χ1) is 9.22. The maximum Gasteiger partial charge on any atom is 0.107 e. The third kappa shape index (κ3) is 3.56. The quantitative estimate of drug-likeness (QED) is 0.898. The molecule has 3 nitrogen and oxygen atoms in total. The second kappa shape index (κ2) is 5.90. The molecule has 4 heteroatoms. The number of nitrogens with one attached hydrogen (secondary N) is 1. The van der Waals surface area contributed by atoms with Gasteiger partial charge in [-0.1, -0.05) is 0 Å². The lowest BCUT2D eigenvalue weighted by Gasteiger charge is -2.29. The Bertz CT molecular complexity index is 400.